The third-order valence-electron chi connectivity index (χ3n) is 7.28. The third kappa shape index (κ3) is 7.28. The van der Waals surface area contributed by atoms with Crippen LogP contribution in [0.2, 0.25) is 0 Å². The molecular formula is C28H33F4N7O3. The first kappa shape index (κ1) is 30.6. The largest absolute Gasteiger partial charge is 0.416 e. The van der Waals surface area contributed by atoms with Gasteiger partial charge in [0.1, 0.15) is 18.9 Å². The van der Waals surface area contributed by atoms with Crippen molar-refractivity contribution in [2.45, 2.75) is 57.4 Å². The van der Waals surface area contributed by atoms with E-state index in [9.17, 15) is 31.9 Å². The summed E-state index contributed by atoms with van der Waals surface area (Å²) in [6, 6.07) is 10.6. The van der Waals surface area contributed by atoms with Gasteiger partial charge in [-0.3, -0.25) is 15.0 Å². The fraction of sp³-hybridized carbons (Fsp3) is 0.429. The zero-order chi connectivity index (χ0) is 30.4. The van der Waals surface area contributed by atoms with Crippen molar-refractivity contribution in [1.29, 1.82) is 5.41 Å². The van der Waals surface area contributed by atoms with Crippen molar-refractivity contribution in [2.24, 2.45) is 5.73 Å². The van der Waals surface area contributed by atoms with Crippen LogP contribution in [0.3, 0.4) is 0 Å². The van der Waals surface area contributed by atoms with Crippen LogP contribution in [0.25, 0.3) is 0 Å². The predicted octanol–water partition coefficient (Wildman–Crippen LogP) is 2.92. The summed E-state index contributed by atoms with van der Waals surface area (Å²) in [4.78, 5) is 44.6. The SMILES string of the molecule is N=C(N)NCCC[C@H]1C(=O)N(Cc2ccccc2)CC2N(C(=O)NCc3cc(CF)cc(C(F)(F)F)c3)CCC(=O)N21. The number of hydrogen-bond acceptors (Lipinski definition) is 4. The number of alkyl halides is 4. The quantitative estimate of drug-likeness (QED) is 0.154. The van der Waals surface area contributed by atoms with E-state index in [1.807, 2.05) is 30.3 Å². The molecule has 2 aromatic rings. The van der Waals surface area contributed by atoms with E-state index in [1.54, 1.807) is 4.90 Å². The lowest BCUT2D eigenvalue weighted by Crippen LogP contribution is -2.71. The van der Waals surface area contributed by atoms with Crippen molar-refractivity contribution in [3.8, 4) is 0 Å². The number of carbonyl (C=O) groups excluding carboxylic acids is 3. The van der Waals surface area contributed by atoms with Crippen LogP contribution in [0.5, 0.6) is 0 Å². The Morgan fingerprint density at radius 3 is 2.43 bits per heavy atom. The van der Waals surface area contributed by atoms with E-state index in [0.717, 1.165) is 17.7 Å². The summed E-state index contributed by atoms with van der Waals surface area (Å²) in [5.74, 6) is -0.770. The van der Waals surface area contributed by atoms with E-state index in [1.165, 1.54) is 15.9 Å². The van der Waals surface area contributed by atoms with Crippen molar-refractivity contribution in [3.63, 3.8) is 0 Å². The smallest absolute Gasteiger partial charge is 0.370 e. The first-order valence-corrected chi connectivity index (χ1v) is 13.5. The van der Waals surface area contributed by atoms with Gasteiger partial charge in [0, 0.05) is 32.6 Å². The van der Waals surface area contributed by atoms with Crippen LogP contribution in [-0.4, -0.2) is 70.3 Å². The number of nitrogens with one attached hydrogen (secondary N) is 3. The van der Waals surface area contributed by atoms with Gasteiger partial charge in [0.15, 0.2) is 5.96 Å². The number of fused-ring (bicyclic) bond motifs is 1. The summed E-state index contributed by atoms with van der Waals surface area (Å²) in [5, 5.41) is 12.6. The molecule has 14 heteroatoms. The van der Waals surface area contributed by atoms with Crippen molar-refractivity contribution in [3.05, 3.63) is 70.8 Å². The summed E-state index contributed by atoms with van der Waals surface area (Å²) in [5.41, 5.74) is 5.12. The Balaban J connectivity index is 1.55. The van der Waals surface area contributed by atoms with Crippen LogP contribution < -0.4 is 16.4 Å². The highest BCUT2D eigenvalue weighted by Crippen LogP contribution is 2.32. The second kappa shape index (κ2) is 13.1. The maximum atomic E-state index is 13.6. The molecule has 0 radical (unpaired) electrons. The lowest BCUT2D eigenvalue weighted by atomic mass is 9.99. The van der Waals surface area contributed by atoms with Crippen LogP contribution in [-0.2, 0) is 35.5 Å². The molecule has 226 valence electrons. The van der Waals surface area contributed by atoms with Crippen LogP contribution >= 0.6 is 0 Å². The Kier molecular flexibility index (Phi) is 9.53. The topological polar surface area (TPSA) is 135 Å². The molecule has 10 nitrogen and oxygen atoms in total. The molecule has 2 aliphatic rings. The number of amides is 4. The van der Waals surface area contributed by atoms with Gasteiger partial charge in [0.25, 0.3) is 0 Å². The van der Waals surface area contributed by atoms with Gasteiger partial charge in [-0.2, -0.15) is 13.2 Å². The van der Waals surface area contributed by atoms with Gasteiger partial charge in [-0.15, -0.1) is 0 Å². The van der Waals surface area contributed by atoms with Crippen LogP contribution in [0.1, 0.15) is 41.5 Å². The minimum atomic E-state index is -4.68. The van der Waals surface area contributed by atoms with Gasteiger partial charge in [-0.05, 0) is 41.7 Å². The molecule has 1 unspecified atom stereocenters. The molecule has 4 rings (SSSR count). The molecule has 0 saturated carbocycles. The highest BCUT2D eigenvalue weighted by atomic mass is 19.4. The highest BCUT2D eigenvalue weighted by Gasteiger charge is 2.48. The number of guanidine groups is 1. The molecule has 2 atom stereocenters. The molecule has 2 saturated heterocycles. The second-order valence-corrected chi connectivity index (χ2v) is 10.3. The molecule has 5 N–H and O–H groups in total. The number of rotatable bonds is 9. The van der Waals surface area contributed by atoms with E-state index in [-0.39, 0.29) is 67.9 Å². The first-order valence-electron chi connectivity index (χ1n) is 13.5. The molecule has 2 aliphatic heterocycles. The monoisotopic (exact) mass is 591 g/mol. The Labute approximate surface area is 240 Å². The number of benzene rings is 2. The molecule has 0 bridgehead atoms. The molecule has 4 amide bonds. The van der Waals surface area contributed by atoms with E-state index >= 15 is 0 Å². The first-order chi connectivity index (χ1) is 20.0. The van der Waals surface area contributed by atoms with Crippen LogP contribution in [0, 0.1) is 5.41 Å². The van der Waals surface area contributed by atoms with E-state index in [0.29, 0.717) is 13.0 Å². The molecule has 2 aromatic carbocycles. The van der Waals surface area contributed by atoms with Crippen molar-refractivity contribution in [1.82, 2.24) is 25.3 Å². The summed E-state index contributed by atoms with van der Waals surface area (Å²) in [6.07, 6.45) is -4.83. The molecular weight excluding hydrogens is 558 g/mol. The van der Waals surface area contributed by atoms with Gasteiger partial charge in [0.2, 0.25) is 11.8 Å². The van der Waals surface area contributed by atoms with Crippen LogP contribution in [0.4, 0.5) is 22.4 Å². The number of halogens is 4. The third-order valence-corrected chi connectivity index (χ3v) is 7.28. The average Bonchev–Trinajstić information content (AvgIpc) is 2.95. The lowest BCUT2D eigenvalue weighted by molar-refractivity contribution is -0.167. The van der Waals surface area contributed by atoms with Crippen molar-refractivity contribution >= 4 is 23.8 Å². The van der Waals surface area contributed by atoms with Gasteiger partial charge >= 0.3 is 12.2 Å². The molecule has 0 aromatic heterocycles. The zero-order valence-corrected chi connectivity index (χ0v) is 22.8. The van der Waals surface area contributed by atoms with E-state index in [2.05, 4.69) is 10.6 Å². The minimum absolute atomic E-state index is 0.0341. The molecule has 0 spiro atoms. The fourth-order valence-electron chi connectivity index (χ4n) is 5.34. The van der Waals surface area contributed by atoms with Crippen molar-refractivity contribution < 1.29 is 31.9 Å². The average molecular weight is 592 g/mol. The van der Waals surface area contributed by atoms with E-state index in [4.69, 9.17) is 11.1 Å². The summed E-state index contributed by atoms with van der Waals surface area (Å²) >= 11 is 0. The maximum absolute atomic E-state index is 13.6. The number of nitrogens with two attached hydrogens (primary N) is 1. The van der Waals surface area contributed by atoms with Gasteiger partial charge in [0.05, 0.1) is 12.1 Å². The highest BCUT2D eigenvalue weighted by molar-refractivity contribution is 5.91. The normalized spacial score (nSPS) is 19.0. The fourth-order valence-corrected chi connectivity index (χ4v) is 5.34. The number of hydrogen-bond donors (Lipinski definition) is 4. The minimum Gasteiger partial charge on any atom is -0.370 e. The van der Waals surface area contributed by atoms with Crippen molar-refractivity contribution in [2.75, 3.05) is 19.6 Å². The number of nitrogens with zero attached hydrogens (tertiary/aromatic N) is 3. The molecule has 0 aliphatic carbocycles. The van der Waals surface area contributed by atoms with Gasteiger partial charge in [-0.25, -0.2) is 9.18 Å². The number of carbonyl (C=O) groups is 3. The maximum Gasteiger partial charge on any atom is 0.416 e. The molecule has 2 heterocycles. The Morgan fingerprint density at radius 2 is 1.76 bits per heavy atom. The van der Waals surface area contributed by atoms with Gasteiger partial charge < -0.3 is 31.1 Å². The second-order valence-electron chi connectivity index (χ2n) is 10.3. The van der Waals surface area contributed by atoms with Crippen LogP contribution in [0.15, 0.2) is 48.5 Å². The zero-order valence-electron chi connectivity index (χ0n) is 22.8. The predicted molar refractivity (Wildman–Crippen MR) is 145 cm³/mol. The number of urea groups is 1. The Hall–Kier alpha value is -4.36. The van der Waals surface area contributed by atoms with E-state index < -0.39 is 36.7 Å². The Bertz CT molecular complexity index is 1310. The summed E-state index contributed by atoms with van der Waals surface area (Å²) < 4.78 is 53.1. The standard InChI is InChI=1S/C28H33F4N7O3/c29-14-19-11-20(13-21(12-19)28(30,31)32)15-36-27(42)38-10-8-24(40)39-22(7-4-9-35-26(33)34)25(41)37(17-23(38)39)16-18-5-2-1-3-6-18/h1-3,5-6,11-13,22-23H,4,7-10,14-17H2,(H,36,42)(H4,33,34,35)/t22-,23?/m0/s1. The lowest BCUT2D eigenvalue weighted by Gasteiger charge is -2.52. The summed E-state index contributed by atoms with van der Waals surface area (Å²) in [7, 11) is 0. The molecule has 2 fully saturated rings. The number of piperazine rings is 1. The van der Waals surface area contributed by atoms with Gasteiger partial charge in [-0.1, -0.05) is 36.4 Å². The molecule has 42 heavy (non-hydrogen) atoms. The Morgan fingerprint density at radius 1 is 1.05 bits per heavy atom. The summed E-state index contributed by atoms with van der Waals surface area (Å²) in [6.45, 7) is -0.718.